The summed E-state index contributed by atoms with van der Waals surface area (Å²) < 4.78 is 2.03. The minimum Gasteiger partial charge on any atom is -0.354 e. The van der Waals surface area contributed by atoms with Crippen LogP contribution in [0, 0.1) is 0 Å². The van der Waals surface area contributed by atoms with Crippen LogP contribution in [0.2, 0.25) is 0 Å². The predicted octanol–water partition coefficient (Wildman–Crippen LogP) is 3.56. The number of aromatic nitrogens is 2. The van der Waals surface area contributed by atoms with E-state index in [1.165, 1.54) is 5.56 Å². The van der Waals surface area contributed by atoms with Gasteiger partial charge in [-0.05, 0) is 37.5 Å². The maximum absolute atomic E-state index is 12.2. The van der Waals surface area contributed by atoms with Gasteiger partial charge in [0.25, 0.3) is 0 Å². The van der Waals surface area contributed by atoms with Gasteiger partial charge in [-0.15, -0.1) is 0 Å². The molecule has 4 heteroatoms. The van der Waals surface area contributed by atoms with E-state index in [-0.39, 0.29) is 11.9 Å². The Morgan fingerprint density at radius 3 is 2.71 bits per heavy atom. The molecule has 0 saturated carbocycles. The van der Waals surface area contributed by atoms with Crippen LogP contribution in [0.25, 0.3) is 11.0 Å². The molecule has 0 saturated heterocycles. The van der Waals surface area contributed by atoms with Crippen LogP contribution in [0.1, 0.15) is 25.3 Å². The normalized spacial score (nSPS) is 12.2. The Bertz CT molecular complexity index is 795. The number of carbonyl (C=O) groups excluding carboxylic acids is 1. The Morgan fingerprint density at radius 1 is 1.12 bits per heavy atom. The number of aryl methyl sites for hydroxylation is 2. The highest BCUT2D eigenvalue weighted by Crippen LogP contribution is 2.12. The van der Waals surface area contributed by atoms with Gasteiger partial charge in [0.1, 0.15) is 0 Å². The molecule has 3 aromatic rings. The van der Waals surface area contributed by atoms with Gasteiger partial charge in [-0.3, -0.25) is 4.79 Å². The van der Waals surface area contributed by atoms with E-state index < -0.39 is 0 Å². The molecule has 1 amide bonds. The lowest BCUT2D eigenvalue weighted by Gasteiger charge is -2.14. The molecule has 1 atom stereocenters. The minimum absolute atomic E-state index is 0.0911. The SMILES string of the molecule is CC(CCc1ccccc1)NC(=O)CCn1cnc2ccccc21. The fourth-order valence-electron chi connectivity index (χ4n) is 2.86. The van der Waals surface area contributed by atoms with Crippen molar-refractivity contribution in [2.75, 3.05) is 0 Å². The Hall–Kier alpha value is -2.62. The lowest BCUT2D eigenvalue weighted by Crippen LogP contribution is -2.33. The first kappa shape index (κ1) is 16.2. The molecule has 0 bridgehead atoms. The van der Waals surface area contributed by atoms with Gasteiger partial charge in [0.15, 0.2) is 0 Å². The first-order valence-electron chi connectivity index (χ1n) is 8.45. The van der Waals surface area contributed by atoms with Crippen LogP contribution in [0.3, 0.4) is 0 Å². The number of nitrogens with one attached hydrogen (secondary N) is 1. The van der Waals surface area contributed by atoms with Crippen molar-refractivity contribution >= 4 is 16.9 Å². The van der Waals surface area contributed by atoms with E-state index in [9.17, 15) is 4.79 Å². The molecule has 1 heterocycles. The predicted molar refractivity (Wildman–Crippen MR) is 96.7 cm³/mol. The molecule has 3 rings (SSSR count). The van der Waals surface area contributed by atoms with Crippen molar-refractivity contribution in [3.05, 3.63) is 66.5 Å². The van der Waals surface area contributed by atoms with E-state index in [0.717, 1.165) is 23.9 Å². The second-order valence-electron chi connectivity index (χ2n) is 6.17. The van der Waals surface area contributed by atoms with Gasteiger partial charge in [-0.1, -0.05) is 42.5 Å². The summed E-state index contributed by atoms with van der Waals surface area (Å²) in [6.45, 7) is 2.71. The number of carbonyl (C=O) groups is 1. The summed E-state index contributed by atoms with van der Waals surface area (Å²) in [5, 5.41) is 3.09. The minimum atomic E-state index is 0.0911. The number of para-hydroxylation sites is 2. The second kappa shape index (κ2) is 7.77. The molecule has 1 aromatic heterocycles. The van der Waals surface area contributed by atoms with Crippen LogP contribution < -0.4 is 5.32 Å². The second-order valence-corrected chi connectivity index (χ2v) is 6.17. The molecule has 0 fully saturated rings. The Labute approximate surface area is 142 Å². The number of nitrogens with zero attached hydrogens (tertiary/aromatic N) is 2. The van der Waals surface area contributed by atoms with E-state index in [0.29, 0.717) is 13.0 Å². The lowest BCUT2D eigenvalue weighted by atomic mass is 10.1. The molecule has 0 aliphatic carbocycles. The van der Waals surface area contributed by atoms with Gasteiger partial charge in [-0.25, -0.2) is 4.98 Å². The summed E-state index contributed by atoms with van der Waals surface area (Å²) >= 11 is 0. The third-order valence-corrected chi connectivity index (χ3v) is 4.22. The van der Waals surface area contributed by atoms with E-state index in [1.807, 2.05) is 47.0 Å². The molecule has 2 aromatic carbocycles. The van der Waals surface area contributed by atoms with Crippen LogP contribution >= 0.6 is 0 Å². The van der Waals surface area contributed by atoms with Gasteiger partial charge >= 0.3 is 0 Å². The molecular weight excluding hydrogens is 298 g/mol. The highest BCUT2D eigenvalue weighted by atomic mass is 16.1. The summed E-state index contributed by atoms with van der Waals surface area (Å²) in [5.41, 5.74) is 3.35. The maximum Gasteiger partial charge on any atom is 0.221 e. The summed E-state index contributed by atoms with van der Waals surface area (Å²) in [7, 11) is 0. The van der Waals surface area contributed by atoms with Crippen molar-refractivity contribution in [3.63, 3.8) is 0 Å². The van der Waals surface area contributed by atoms with Gasteiger partial charge in [-0.2, -0.15) is 0 Å². The zero-order chi connectivity index (χ0) is 16.8. The van der Waals surface area contributed by atoms with Crippen LogP contribution in [0.15, 0.2) is 60.9 Å². The molecular formula is C20H23N3O. The molecule has 0 aliphatic heterocycles. The van der Waals surface area contributed by atoms with Crippen molar-refractivity contribution in [1.29, 1.82) is 0 Å². The van der Waals surface area contributed by atoms with Crippen molar-refractivity contribution in [3.8, 4) is 0 Å². The van der Waals surface area contributed by atoms with Crippen molar-refractivity contribution in [1.82, 2.24) is 14.9 Å². The van der Waals surface area contributed by atoms with Crippen molar-refractivity contribution in [2.45, 2.75) is 38.8 Å². The van der Waals surface area contributed by atoms with Gasteiger partial charge < -0.3 is 9.88 Å². The van der Waals surface area contributed by atoms with Crippen molar-refractivity contribution < 1.29 is 4.79 Å². The van der Waals surface area contributed by atoms with E-state index in [1.54, 1.807) is 6.33 Å². The first-order chi connectivity index (χ1) is 11.7. The summed E-state index contributed by atoms with van der Waals surface area (Å²) in [5.74, 6) is 0.0911. The molecule has 1 N–H and O–H groups in total. The van der Waals surface area contributed by atoms with Crippen LogP contribution in [0.4, 0.5) is 0 Å². The monoisotopic (exact) mass is 321 g/mol. The number of fused-ring (bicyclic) bond motifs is 1. The molecule has 0 spiro atoms. The topological polar surface area (TPSA) is 46.9 Å². The Balaban J connectivity index is 1.45. The fraction of sp³-hybridized carbons (Fsp3) is 0.300. The standard InChI is InChI=1S/C20H23N3O/c1-16(11-12-17-7-3-2-4-8-17)22-20(24)13-14-23-15-21-18-9-5-6-10-19(18)23/h2-10,15-16H,11-14H2,1H3,(H,22,24). The molecule has 124 valence electrons. The number of hydrogen-bond donors (Lipinski definition) is 1. The smallest absolute Gasteiger partial charge is 0.221 e. The average molecular weight is 321 g/mol. The average Bonchev–Trinajstić information content (AvgIpc) is 3.02. The molecule has 1 unspecified atom stereocenters. The largest absolute Gasteiger partial charge is 0.354 e. The highest BCUT2D eigenvalue weighted by Gasteiger charge is 2.09. The first-order valence-corrected chi connectivity index (χ1v) is 8.45. The lowest BCUT2D eigenvalue weighted by molar-refractivity contribution is -0.121. The zero-order valence-electron chi connectivity index (χ0n) is 14.0. The van der Waals surface area contributed by atoms with Crippen LogP contribution in [0.5, 0.6) is 0 Å². The summed E-state index contributed by atoms with van der Waals surface area (Å²) in [4.78, 5) is 16.5. The van der Waals surface area contributed by atoms with E-state index in [2.05, 4.69) is 29.4 Å². The third kappa shape index (κ3) is 4.22. The number of rotatable bonds is 7. The van der Waals surface area contributed by atoms with E-state index >= 15 is 0 Å². The van der Waals surface area contributed by atoms with Crippen LogP contribution in [-0.2, 0) is 17.8 Å². The summed E-state index contributed by atoms with van der Waals surface area (Å²) in [6.07, 6.45) is 4.20. The summed E-state index contributed by atoms with van der Waals surface area (Å²) in [6, 6.07) is 18.5. The number of hydrogen-bond acceptors (Lipinski definition) is 2. The Morgan fingerprint density at radius 2 is 1.88 bits per heavy atom. The molecule has 4 nitrogen and oxygen atoms in total. The fourth-order valence-corrected chi connectivity index (χ4v) is 2.86. The number of amides is 1. The number of benzene rings is 2. The van der Waals surface area contributed by atoms with E-state index in [4.69, 9.17) is 0 Å². The highest BCUT2D eigenvalue weighted by molar-refractivity contribution is 5.77. The van der Waals surface area contributed by atoms with Crippen molar-refractivity contribution in [2.24, 2.45) is 0 Å². The van der Waals surface area contributed by atoms with Gasteiger partial charge in [0, 0.05) is 19.0 Å². The van der Waals surface area contributed by atoms with Crippen LogP contribution in [-0.4, -0.2) is 21.5 Å². The number of imidazole rings is 1. The Kier molecular flexibility index (Phi) is 5.26. The quantitative estimate of drug-likeness (QED) is 0.723. The van der Waals surface area contributed by atoms with Gasteiger partial charge in [0.05, 0.1) is 17.4 Å². The molecule has 0 aliphatic rings. The van der Waals surface area contributed by atoms with Gasteiger partial charge in [0.2, 0.25) is 5.91 Å². The third-order valence-electron chi connectivity index (χ3n) is 4.22. The maximum atomic E-state index is 12.2. The molecule has 24 heavy (non-hydrogen) atoms. The zero-order valence-corrected chi connectivity index (χ0v) is 14.0. The molecule has 0 radical (unpaired) electrons.